The summed E-state index contributed by atoms with van der Waals surface area (Å²) in [5, 5.41) is 0. The standard InChI is InChI=1S/C11H8F4O/c12-9-5-3-8(4-6-9)10(16)2-1-7-11(13,14)15/h1-6H,7H2/b2-1+. The van der Waals surface area contributed by atoms with Crippen LogP contribution in [0.2, 0.25) is 0 Å². The van der Waals surface area contributed by atoms with Crippen molar-refractivity contribution in [1.29, 1.82) is 0 Å². The van der Waals surface area contributed by atoms with Gasteiger partial charge in [0.2, 0.25) is 0 Å². The van der Waals surface area contributed by atoms with Crippen LogP contribution in [-0.4, -0.2) is 12.0 Å². The van der Waals surface area contributed by atoms with Gasteiger partial charge in [-0.1, -0.05) is 6.08 Å². The fourth-order valence-corrected chi connectivity index (χ4v) is 1.01. The quantitative estimate of drug-likeness (QED) is 0.442. The average molecular weight is 232 g/mol. The highest BCUT2D eigenvalue weighted by atomic mass is 19.4. The van der Waals surface area contributed by atoms with Crippen molar-refractivity contribution < 1.29 is 22.4 Å². The Morgan fingerprint density at radius 2 is 1.75 bits per heavy atom. The van der Waals surface area contributed by atoms with Crippen LogP contribution in [0.4, 0.5) is 17.6 Å². The van der Waals surface area contributed by atoms with Gasteiger partial charge in [0.25, 0.3) is 0 Å². The molecule has 0 atom stereocenters. The second-order valence-corrected chi connectivity index (χ2v) is 3.09. The van der Waals surface area contributed by atoms with Crippen LogP contribution in [0.15, 0.2) is 36.4 Å². The summed E-state index contributed by atoms with van der Waals surface area (Å²) in [6, 6.07) is 4.58. The van der Waals surface area contributed by atoms with Gasteiger partial charge in [0.15, 0.2) is 5.78 Å². The Morgan fingerprint density at radius 1 is 1.19 bits per heavy atom. The minimum absolute atomic E-state index is 0.153. The van der Waals surface area contributed by atoms with E-state index in [0.717, 1.165) is 24.3 Å². The number of carbonyl (C=O) groups is 1. The molecule has 5 heteroatoms. The number of alkyl halides is 3. The molecule has 1 nitrogen and oxygen atoms in total. The summed E-state index contributed by atoms with van der Waals surface area (Å²) in [7, 11) is 0. The van der Waals surface area contributed by atoms with Gasteiger partial charge in [0, 0.05) is 5.56 Å². The molecule has 1 aromatic carbocycles. The fraction of sp³-hybridized carbons (Fsp3) is 0.182. The zero-order chi connectivity index (χ0) is 12.2. The molecule has 0 saturated heterocycles. The minimum atomic E-state index is -4.32. The third-order valence-electron chi connectivity index (χ3n) is 1.75. The van der Waals surface area contributed by atoms with Crippen LogP contribution in [-0.2, 0) is 0 Å². The molecule has 86 valence electrons. The Morgan fingerprint density at radius 3 is 2.25 bits per heavy atom. The molecular weight excluding hydrogens is 224 g/mol. The van der Waals surface area contributed by atoms with Crippen molar-refractivity contribution in [1.82, 2.24) is 0 Å². The van der Waals surface area contributed by atoms with Gasteiger partial charge >= 0.3 is 6.18 Å². The molecule has 0 N–H and O–H groups in total. The summed E-state index contributed by atoms with van der Waals surface area (Å²) in [5.41, 5.74) is 0.153. The van der Waals surface area contributed by atoms with E-state index in [1.807, 2.05) is 0 Å². The van der Waals surface area contributed by atoms with Gasteiger partial charge in [-0.25, -0.2) is 4.39 Å². The normalized spacial score (nSPS) is 12.0. The first-order valence-corrected chi connectivity index (χ1v) is 4.42. The number of hydrogen-bond acceptors (Lipinski definition) is 1. The van der Waals surface area contributed by atoms with Crippen molar-refractivity contribution in [2.45, 2.75) is 12.6 Å². The van der Waals surface area contributed by atoms with E-state index in [2.05, 4.69) is 0 Å². The van der Waals surface area contributed by atoms with E-state index in [0.29, 0.717) is 0 Å². The predicted octanol–water partition coefficient (Wildman–Crippen LogP) is 3.52. The zero-order valence-corrected chi connectivity index (χ0v) is 8.09. The lowest BCUT2D eigenvalue weighted by atomic mass is 10.1. The number of carbonyl (C=O) groups excluding carboxylic acids is 1. The van der Waals surface area contributed by atoms with Gasteiger partial charge in [0.05, 0.1) is 6.42 Å². The van der Waals surface area contributed by atoms with Crippen molar-refractivity contribution in [3.05, 3.63) is 47.8 Å². The smallest absolute Gasteiger partial charge is 0.289 e. The second-order valence-electron chi connectivity index (χ2n) is 3.09. The summed E-state index contributed by atoms with van der Waals surface area (Å²) in [6.45, 7) is 0. The molecule has 0 aromatic heterocycles. The maximum atomic E-state index is 12.5. The fourth-order valence-electron chi connectivity index (χ4n) is 1.01. The lowest BCUT2D eigenvalue weighted by molar-refractivity contribution is -0.125. The largest absolute Gasteiger partial charge is 0.392 e. The van der Waals surface area contributed by atoms with E-state index in [1.54, 1.807) is 0 Å². The predicted molar refractivity (Wildman–Crippen MR) is 50.5 cm³/mol. The van der Waals surface area contributed by atoms with Crippen LogP contribution < -0.4 is 0 Å². The summed E-state index contributed by atoms with van der Waals surface area (Å²) in [6.07, 6.45) is -3.90. The molecule has 0 aliphatic heterocycles. The molecule has 1 aromatic rings. The van der Waals surface area contributed by atoms with E-state index in [1.165, 1.54) is 12.1 Å². The van der Waals surface area contributed by atoms with Crippen molar-refractivity contribution in [2.75, 3.05) is 0 Å². The van der Waals surface area contributed by atoms with Crippen LogP contribution in [0.1, 0.15) is 16.8 Å². The van der Waals surface area contributed by atoms with E-state index in [-0.39, 0.29) is 5.56 Å². The molecule has 0 heterocycles. The van der Waals surface area contributed by atoms with Gasteiger partial charge in [-0.2, -0.15) is 13.2 Å². The number of hydrogen-bond donors (Lipinski definition) is 0. The minimum Gasteiger partial charge on any atom is -0.289 e. The van der Waals surface area contributed by atoms with E-state index in [9.17, 15) is 22.4 Å². The van der Waals surface area contributed by atoms with Gasteiger partial charge in [-0.15, -0.1) is 0 Å². The molecule has 0 aliphatic rings. The molecular formula is C11H8F4O. The number of benzene rings is 1. The Labute approximate surface area is 89.4 Å². The molecule has 0 unspecified atom stereocenters. The molecule has 0 radical (unpaired) electrons. The van der Waals surface area contributed by atoms with E-state index in [4.69, 9.17) is 0 Å². The van der Waals surface area contributed by atoms with Gasteiger partial charge in [0.1, 0.15) is 5.82 Å². The van der Waals surface area contributed by atoms with Crippen LogP contribution in [0, 0.1) is 5.82 Å². The lowest BCUT2D eigenvalue weighted by Gasteiger charge is -2.00. The van der Waals surface area contributed by atoms with Gasteiger partial charge < -0.3 is 0 Å². The molecule has 1 rings (SSSR count). The SMILES string of the molecule is O=C(/C=C/CC(F)(F)F)c1ccc(F)cc1. The van der Waals surface area contributed by atoms with Gasteiger partial charge in [-0.3, -0.25) is 4.79 Å². The third kappa shape index (κ3) is 4.25. The number of ketones is 1. The van der Waals surface area contributed by atoms with E-state index >= 15 is 0 Å². The van der Waals surface area contributed by atoms with Crippen molar-refractivity contribution in [3.8, 4) is 0 Å². The van der Waals surface area contributed by atoms with Crippen LogP contribution in [0.3, 0.4) is 0 Å². The summed E-state index contributed by atoms with van der Waals surface area (Å²) < 4.78 is 47.7. The molecule has 0 spiro atoms. The van der Waals surface area contributed by atoms with E-state index < -0.39 is 24.2 Å². The van der Waals surface area contributed by atoms with Crippen molar-refractivity contribution >= 4 is 5.78 Å². The maximum Gasteiger partial charge on any atom is 0.392 e. The molecule has 0 aliphatic carbocycles. The first kappa shape index (κ1) is 12.4. The Bertz CT molecular complexity index is 389. The number of rotatable bonds is 3. The summed E-state index contributed by atoms with van der Waals surface area (Å²) >= 11 is 0. The van der Waals surface area contributed by atoms with Crippen LogP contribution in [0.5, 0.6) is 0 Å². The van der Waals surface area contributed by atoms with Crippen LogP contribution in [0.25, 0.3) is 0 Å². The Hall–Kier alpha value is -1.65. The monoisotopic (exact) mass is 232 g/mol. The number of allylic oxidation sites excluding steroid dienone is 2. The Kier molecular flexibility index (Phi) is 3.82. The van der Waals surface area contributed by atoms with Crippen molar-refractivity contribution in [2.24, 2.45) is 0 Å². The van der Waals surface area contributed by atoms with Crippen LogP contribution >= 0.6 is 0 Å². The summed E-state index contributed by atoms with van der Waals surface area (Å²) in [4.78, 5) is 11.3. The average Bonchev–Trinajstić information content (AvgIpc) is 2.16. The highest BCUT2D eigenvalue weighted by Crippen LogP contribution is 2.19. The Balaban J connectivity index is 2.62. The first-order valence-electron chi connectivity index (χ1n) is 4.42. The highest BCUT2D eigenvalue weighted by Gasteiger charge is 2.24. The molecule has 0 fully saturated rings. The molecule has 0 amide bonds. The zero-order valence-electron chi connectivity index (χ0n) is 8.09. The second kappa shape index (κ2) is 4.92. The van der Waals surface area contributed by atoms with Gasteiger partial charge in [-0.05, 0) is 30.3 Å². The topological polar surface area (TPSA) is 17.1 Å². The molecule has 0 bridgehead atoms. The highest BCUT2D eigenvalue weighted by molar-refractivity contribution is 6.04. The van der Waals surface area contributed by atoms with Crippen molar-refractivity contribution in [3.63, 3.8) is 0 Å². The summed E-state index contributed by atoms with van der Waals surface area (Å²) in [5.74, 6) is -1.08. The molecule has 16 heavy (non-hydrogen) atoms. The number of halogens is 4. The first-order chi connectivity index (χ1) is 7.38. The third-order valence-corrected chi connectivity index (χ3v) is 1.75. The molecule has 0 saturated carbocycles. The maximum absolute atomic E-state index is 12.5. The lowest BCUT2D eigenvalue weighted by Crippen LogP contribution is -2.04.